The Morgan fingerprint density at radius 1 is 1.13 bits per heavy atom. The summed E-state index contributed by atoms with van der Waals surface area (Å²) in [4.78, 5) is 8.14. The average molecular weight is 203 g/mol. The van der Waals surface area contributed by atoms with Gasteiger partial charge in [0.2, 0.25) is 0 Å². The van der Waals surface area contributed by atoms with Crippen LogP contribution in [0.4, 0.5) is 10.2 Å². The molecule has 0 saturated carbocycles. The van der Waals surface area contributed by atoms with Crippen molar-refractivity contribution in [1.82, 2.24) is 9.97 Å². The number of nitrogens with two attached hydrogens (primary N) is 1. The second-order valence-electron chi connectivity index (χ2n) is 3.20. The van der Waals surface area contributed by atoms with E-state index in [1.165, 1.54) is 12.1 Å². The Morgan fingerprint density at radius 2 is 1.87 bits per heavy atom. The van der Waals surface area contributed by atoms with Gasteiger partial charge in [-0.05, 0) is 23.8 Å². The summed E-state index contributed by atoms with van der Waals surface area (Å²) in [7, 11) is 0. The molecule has 4 heteroatoms. The van der Waals surface area contributed by atoms with Gasteiger partial charge in [-0.25, -0.2) is 14.4 Å². The Labute approximate surface area is 86.8 Å². The molecule has 0 aliphatic carbocycles. The quantitative estimate of drug-likeness (QED) is 0.809. The summed E-state index contributed by atoms with van der Waals surface area (Å²) in [6.07, 6.45) is 2.17. The van der Waals surface area contributed by atoms with Gasteiger partial charge in [0, 0.05) is 12.6 Å². The van der Waals surface area contributed by atoms with Gasteiger partial charge in [-0.2, -0.15) is 0 Å². The van der Waals surface area contributed by atoms with Gasteiger partial charge >= 0.3 is 0 Å². The minimum atomic E-state index is -0.243. The fourth-order valence-corrected chi connectivity index (χ4v) is 1.28. The number of benzene rings is 1. The standard InChI is InChI=1S/C11H10FN3/c12-9-3-1-8(2-4-9)7-11-14-6-5-10(13)15-11/h1-6H,7H2,(H2,13,14,15). The molecule has 15 heavy (non-hydrogen) atoms. The van der Waals surface area contributed by atoms with E-state index in [4.69, 9.17) is 5.73 Å². The number of aromatic nitrogens is 2. The molecule has 0 saturated heterocycles. The molecule has 0 radical (unpaired) electrons. The van der Waals surface area contributed by atoms with E-state index in [1.807, 2.05) is 0 Å². The van der Waals surface area contributed by atoms with E-state index in [0.717, 1.165) is 5.56 Å². The number of hydrogen-bond acceptors (Lipinski definition) is 3. The molecular weight excluding hydrogens is 193 g/mol. The minimum absolute atomic E-state index is 0.243. The van der Waals surface area contributed by atoms with E-state index in [-0.39, 0.29) is 5.82 Å². The molecule has 76 valence electrons. The van der Waals surface area contributed by atoms with Crippen LogP contribution < -0.4 is 5.73 Å². The fraction of sp³-hybridized carbons (Fsp3) is 0.0909. The van der Waals surface area contributed by atoms with Crippen LogP contribution in [0.15, 0.2) is 36.5 Å². The lowest BCUT2D eigenvalue weighted by Crippen LogP contribution is -1.99. The van der Waals surface area contributed by atoms with Gasteiger partial charge in [-0.15, -0.1) is 0 Å². The van der Waals surface area contributed by atoms with Crippen molar-refractivity contribution >= 4 is 5.82 Å². The zero-order valence-corrected chi connectivity index (χ0v) is 8.02. The lowest BCUT2D eigenvalue weighted by molar-refractivity contribution is 0.627. The summed E-state index contributed by atoms with van der Waals surface area (Å²) in [5.41, 5.74) is 6.49. The summed E-state index contributed by atoms with van der Waals surface area (Å²) in [5.74, 6) is 0.843. The summed E-state index contributed by atoms with van der Waals surface area (Å²) in [6.45, 7) is 0. The van der Waals surface area contributed by atoms with Crippen molar-refractivity contribution in [3.8, 4) is 0 Å². The van der Waals surface area contributed by atoms with Crippen molar-refractivity contribution in [3.05, 3.63) is 53.7 Å². The molecule has 1 aromatic heterocycles. The monoisotopic (exact) mass is 203 g/mol. The number of hydrogen-bond donors (Lipinski definition) is 1. The Bertz CT molecular complexity index is 454. The highest BCUT2D eigenvalue weighted by Gasteiger charge is 1.99. The van der Waals surface area contributed by atoms with Crippen LogP contribution in [0.5, 0.6) is 0 Å². The van der Waals surface area contributed by atoms with E-state index >= 15 is 0 Å². The van der Waals surface area contributed by atoms with Gasteiger partial charge in [-0.3, -0.25) is 0 Å². The molecule has 0 aliphatic heterocycles. The highest BCUT2D eigenvalue weighted by Crippen LogP contribution is 2.07. The molecular formula is C11H10FN3. The van der Waals surface area contributed by atoms with Crippen LogP contribution in [0.2, 0.25) is 0 Å². The first-order valence-corrected chi connectivity index (χ1v) is 4.56. The van der Waals surface area contributed by atoms with Gasteiger partial charge in [-0.1, -0.05) is 12.1 Å². The van der Waals surface area contributed by atoms with E-state index in [0.29, 0.717) is 18.1 Å². The van der Waals surface area contributed by atoms with E-state index in [1.54, 1.807) is 24.4 Å². The second-order valence-corrected chi connectivity index (χ2v) is 3.20. The third kappa shape index (κ3) is 2.49. The van der Waals surface area contributed by atoms with Gasteiger partial charge in [0.25, 0.3) is 0 Å². The molecule has 2 aromatic rings. The summed E-state index contributed by atoms with van der Waals surface area (Å²) in [5, 5.41) is 0. The first-order chi connectivity index (χ1) is 7.24. The topological polar surface area (TPSA) is 51.8 Å². The second kappa shape index (κ2) is 4.04. The first-order valence-electron chi connectivity index (χ1n) is 4.56. The average Bonchev–Trinajstić information content (AvgIpc) is 2.22. The number of rotatable bonds is 2. The van der Waals surface area contributed by atoms with Crippen LogP contribution in [0.25, 0.3) is 0 Å². The Hall–Kier alpha value is -1.97. The zero-order valence-electron chi connectivity index (χ0n) is 8.02. The van der Waals surface area contributed by atoms with Crippen molar-refractivity contribution in [2.75, 3.05) is 5.73 Å². The van der Waals surface area contributed by atoms with Crippen LogP contribution >= 0.6 is 0 Å². The van der Waals surface area contributed by atoms with Crippen LogP contribution in [0, 0.1) is 5.82 Å². The minimum Gasteiger partial charge on any atom is -0.384 e. The molecule has 2 N–H and O–H groups in total. The molecule has 0 spiro atoms. The largest absolute Gasteiger partial charge is 0.384 e. The normalized spacial score (nSPS) is 10.2. The molecule has 2 rings (SSSR count). The molecule has 1 heterocycles. The van der Waals surface area contributed by atoms with Crippen molar-refractivity contribution in [3.63, 3.8) is 0 Å². The van der Waals surface area contributed by atoms with Crippen molar-refractivity contribution in [2.24, 2.45) is 0 Å². The number of halogens is 1. The van der Waals surface area contributed by atoms with Crippen LogP contribution in [-0.2, 0) is 6.42 Å². The maximum absolute atomic E-state index is 12.6. The number of nitrogens with zero attached hydrogens (tertiary/aromatic N) is 2. The molecule has 0 bridgehead atoms. The van der Waals surface area contributed by atoms with Gasteiger partial charge < -0.3 is 5.73 Å². The predicted molar refractivity (Wildman–Crippen MR) is 55.7 cm³/mol. The van der Waals surface area contributed by atoms with Crippen molar-refractivity contribution in [2.45, 2.75) is 6.42 Å². The summed E-state index contributed by atoms with van der Waals surface area (Å²) >= 11 is 0. The van der Waals surface area contributed by atoms with Crippen molar-refractivity contribution < 1.29 is 4.39 Å². The van der Waals surface area contributed by atoms with E-state index in [9.17, 15) is 4.39 Å². The molecule has 0 unspecified atom stereocenters. The zero-order chi connectivity index (χ0) is 10.7. The summed E-state index contributed by atoms with van der Waals surface area (Å²) in [6, 6.07) is 7.89. The number of nitrogen functional groups attached to an aromatic ring is 1. The Morgan fingerprint density at radius 3 is 2.53 bits per heavy atom. The highest BCUT2D eigenvalue weighted by molar-refractivity contribution is 5.27. The SMILES string of the molecule is Nc1ccnc(Cc2ccc(F)cc2)n1. The predicted octanol–water partition coefficient (Wildman–Crippen LogP) is 1.79. The molecule has 0 aliphatic rings. The van der Waals surface area contributed by atoms with Crippen molar-refractivity contribution in [1.29, 1.82) is 0 Å². The lowest BCUT2D eigenvalue weighted by Gasteiger charge is -2.00. The highest BCUT2D eigenvalue weighted by atomic mass is 19.1. The molecule has 0 amide bonds. The first kappa shape index (κ1) is 9.58. The van der Waals surface area contributed by atoms with Crippen LogP contribution in [-0.4, -0.2) is 9.97 Å². The maximum Gasteiger partial charge on any atom is 0.135 e. The third-order valence-corrected chi connectivity index (χ3v) is 2.00. The summed E-state index contributed by atoms with van der Waals surface area (Å²) < 4.78 is 12.6. The Balaban J connectivity index is 2.18. The molecule has 1 aromatic carbocycles. The van der Waals surface area contributed by atoms with Gasteiger partial charge in [0.15, 0.2) is 0 Å². The number of anilines is 1. The maximum atomic E-state index is 12.6. The lowest BCUT2D eigenvalue weighted by atomic mass is 10.1. The van der Waals surface area contributed by atoms with Crippen LogP contribution in [0.3, 0.4) is 0 Å². The third-order valence-electron chi connectivity index (χ3n) is 2.00. The molecule has 3 nitrogen and oxygen atoms in total. The Kier molecular flexibility index (Phi) is 2.58. The molecule has 0 atom stereocenters. The van der Waals surface area contributed by atoms with Gasteiger partial charge in [0.05, 0.1) is 0 Å². The van der Waals surface area contributed by atoms with Gasteiger partial charge in [0.1, 0.15) is 17.5 Å². The smallest absolute Gasteiger partial charge is 0.135 e. The van der Waals surface area contributed by atoms with E-state index in [2.05, 4.69) is 9.97 Å². The van der Waals surface area contributed by atoms with Crippen LogP contribution in [0.1, 0.15) is 11.4 Å². The van der Waals surface area contributed by atoms with E-state index < -0.39 is 0 Å². The molecule has 0 fully saturated rings. The fourth-order valence-electron chi connectivity index (χ4n) is 1.28.